The molecular weight excluding hydrogens is 266 g/mol. The number of pyridine rings is 1. The molecule has 0 saturated heterocycles. The number of rotatable bonds is 3. The van der Waals surface area contributed by atoms with Crippen molar-refractivity contribution in [2.24, 2.45) is 5.41 Å². The van der Waals surface area contributed by atoms with Crippen LogP contribution < -0.4 is 0 Å². The van der Waals surface area contributed by atoms with Gasteiger partial charge in [0.2, 0.25) is 0 Å². The Hall–Kier alpha value is -1.89. The van der Waals surface area contributed by atoms with Crippen molar-refractivity contribution in [1.29, 1.82) is 0 Å². The molecule has 0 aliphatic carbocycles. The van der Waals surface area contributed by atoms with E-state index in [1.165, 1.54) is 16.7 Å². The molecular formula is C21H27N. The maximum Gasteiger partial charge on any atom is 0.0273 e. The number of hydrogen-bond donors (Lipinski definition) is 0. The zero-order valence-corrected chi connectivity index (χ0v) is 14.7. The molecule has 116 valence electrons. The Morgan fingerprint density at radius 1 is 0.955 bits per heavy atom. The van der Waals surface area contributed by atoms with Crippen molar-refractivity contribution in [1.82, 2.24) is 4.98 Å². The normalized spacial score (nSPS) is 12.3. The summed E-state index contributed by atoms with van der Waals surface area (Å²) in [5.41, 5.74) is 6.31. The Kier molecular flexibility index (Phi) is 4.28. The fourth-order valence-corrected chi connectivity index (χ4v) is 2.48. The van der Waals surface area contributed by atoms with Crippen molar-refractivity contribution in [3.63, 3.8) is 0 Å². The highest BCUT2D eigenvalue weighted by molar-refractivity contribution is 5.79. The first-order chi connectivity index (χ1) is 10.1. The van der Waals surface area contributed by atoms with Crippen molar-refractivity contribution in [2.45, 2.75) is 47.0 Å². The summed E-state index contributed by atoms with van der Waals surface area (Å²) in [5, 5.41) is 0. The summed E-state index contributed by atoms with van der Waals surface area (Å²) in [6.07, 6.45) is 3.64. The van der Waals surface area contributed by atoms with Gasteiger partial charge in [-0.1, -0.05) is 59.4 Å². The van der Waals surface area contributed by atoms with E-state index in [1.54, 1.807) is 0 Å². The molecule has 0 N–H and O–H groups in total. The van der Waals surface area contributed by atoms with Crippen LogP contribution in [0.4, 0.5) is 0 Å². The van der Waals surface area contributed by atoms with Crippen LogP contribution in [0.5, 0.6) is 0 Å². The van der Waals surface area contributed by atoms with Gasteiger partial charge in [-0.05, 0) is 57.7 Å². The molecule has 0 aliphatic rings. The zero-order valence-electron chi connectivity index (χ0n) is 14.7. The SMILES string of the molecule is C=C(c1ccncc1)c1cc(C(C)(C)C(C)(C)C)ccc1C. The first kappa shape index (κ1) is 16.5. The van der Waals surface area contributed by atoms with Gasteiger partial charge in [0.1, 0.15) is 0 Å². The van der Waals surface area contributed by atoms with E-state index in [-0.39, 0.29) is 10.8 Å². The van der Waals surface area contributed by atoms with Crippen LogP contribution in [0.25, 0.3) is 5.57 Å². The highest BCUT2D eigenvalue weighted by Gasteiger charge is 2.34. The Balaban J connectivity index is 2.51. The van der Waals surface area contributed by atoms with Crippen LogP contribution >= 0.6 is 0 Å². The largest absolute Gasteiger partial charge is 0.265 e. The van der Waals surface area contributed by atoms with Crippen molar-refractivity contribution < 1.29 is 0 Å². The van der Waals surface area contributed by atoms with Crippen LogP contribution in [-0.2, 0) is 5.41 Å². The Bertz CT molecular complexity index is 673. The summed E-state index contributed by atoms with van der Waals surface area (Å²) in [6.45, 7) is 18.0. The van der Waals surface area contributed by atoms with Gasteiger partial charge in [-0.25, -0.2) is 0 Å². The smallest absolute Gasteiger partial charge is 0.0273 e. The summed E-state index contributed by atoms with van der Waals surface area (Å²) in [5.74, 6) is 0. The lowest BCUT2D eigenvalue weighted by Crippen LogP contribution is -2.34. The maximum atomic E-state index is 4.31. The predicted molar refractivity (Wildman–Crippen MR) is 96.0 cm³/mol. The second-order valence-electron chi connectivity index (χ2n) is 7.62. The molecule has 0 atom stereocenters. The molecule has 1 aromatic carbocycles. The number of aromatic nitrogens is 1. The summed E-state index contributed by atoms with van der Waals surface area (Å²) in [7, 11) is 0. The molecule has 0 unspecified atom stereocenters. The molecule has 0 aliphatic heterocycles. The summed E-state index contributed by atoms with van der Waals surface area (Å²) in [4.78, 5) is 4.09. The summed E-state index contributed by atoms with van der Waals surface area (Å²) >= 11 is 0. The van der Waals surface area contributed by atoms with Crippen LogP contribution in [0.1, 0.15) is 56.9 Å². The van der Waals surface area contributed by atoms with E-state index in [4.69, 9.17) is 0 Å². The molecule has 0 fully saturated rings. The van der Waals surface area contributed by atoms with E-state index in [2.05, 4.69) is 71.3 Å². The van der Waals surface area contributed by atoms with Crippen LogP contribution in [0.2, 0.25) is 0 Å². The molecule has 2 rings (SSSR count). The predicted octanol–water partition coefficient (Wildman–Crippen LogP) is 5.78. The number of benzene rings is 1. The second kappa shape index (κ2) is 5.72. The molecule has 0 radical (unpaired) electrons. The third-order valence-electron chi connectivity index (χ3n) is 5.19. The Labute approximate surface area is 135 Å². The minimum Gasteiger partial charge on any atom is -0.265 e. The Morgan fingerprint density at radius 3 is 2.09 bits per heavy atom. The molecule has 1 heterocycles. The van der Waals surface area contributed by atoms with Gasteiger partial charge in [-0.3, -0.25) is 4.98 Å². The molecule has 0 amide bonds. The number of hydrogen-bond acceptors (Lipinski definition) is 1. The van der Waals surface area contributed by atoms with Gasteiger partial charge in [0.25, 0.3) is 0 Å². The summed E-state index contributed by atoms with van der Waals surface area (Å²) in [6, 6.07) is 10.8. The van der Waals surface area contributed by atoms with Crippen LogP contribution in [0, 0.1) is 12.3 Å². The van der Waals surface area contributed by atoms with Gasteiger partial charge in [0.15, 0.2) is 0 Å². The van der Waals surface area contributed by atoms with Gasteiger partial charge in [0, 0.05) is 12.4 Å². The second-order valence-corrected chi connectivity index (χ2v) is 7.62. The molecule has 0 bridgehead atoms. The molecule has 2 aromatic rings. The summed E-state index contributed by atoms with van der Waals surface area (Å²) < 4.78 is 0. The van der Waals surface area contributed by atoms with E-state index >= 15 is 0 Å². The molecule has 0 saturated carbocycles. The quantitative estimate of drug-likeness (QED) is 0.699. The van der Waals surface area contributed by atoms with Crippen LogP contribution in [-0.4, -0.2) is 4.98 Å². The van der Waals surface area contributed by atoms with Crippen molar-refractivity contribution in [2.75, 3.05) is 0 Å². The van der Waals surface area contributed by atoms with Crippen LogP contribution in [0.3, 0.4) is 0 Å². The zero-order chi connectivity index (χ0) is 16.5. The van der Waals surface area contributed by atoms with E-state index < -0.39 is 0 Å². The van der Waals surface area contributed by atoms with Crippen molar-refractivity contribution in [3.8, 4) is 0 Å². The van der Waals surface area contributed by atoms with Gasteiger partial charge in [-0.2, -0.15) is 0 Å². The maximum absolute atomic E-state index is 4.31. The number of nitrogens with zero attached hydrogens (tertiary/aromatic N) is 1. The highest BCUT2D eigenvalue weighted by atomic mass is 14.6. The molecule has 1 aromatic heterocycles. The fraction of sp³-hybridized carbons (Fsp3) is 0.381. The molecule has 1 nitrogen and oxygen atoms in total. The van der Waals surface area contributed by atoms with Gasteiger partial charge in [-0.15, -0.1) is 0 Å². The first-order valence-electron chi connectivity index (χ1n) is 7.85. The lowest BCUT2D eigenvalue weighted by molar-refractivity contribution is 0.225. The highest BCUT2D eigenvalue weighted by Crippen LogP contribution is 2.42. The average Bonchev–Trinajstić information content (AvgIpc) is 2.46. The third-order valence-corrected chi connectivity index (χ3v) is 5.19. The first-order valence-corrected chi connectivity index (χ1v) is 7.85. The van der Waals surface area contributed by atoms with Crippen molar-refractivity contribution in [3.05, 3.63) is 71.6 Å². The average molecular weight is 293 g/mol. The number of aryl methyl sites for hydroxylation is 1. The van der Waals surface area contributed by atoms with E-state index in [9.17, 15) is 0 Å². The molecule has 22 heavy (non-hydrogen) atoms. The Morgan fingerprint density at radius 2 is 1.55 bits per heavy atom. The standard InChI is InChI=1S/C21H27N/c1-15-8-9-18(21(6,7)20(3,4)5)14-19(15)16(2)17-10-12-22-13-11-17/h8-14H,2H2,1,3-7H3. The lowest BCUT2D eigenvalue weighted by atomic mass is 9.65. The van der Waals surface area contributed by atoms with Gasteiger partial charge in [0.05, 0.1) is 0 Å². The van der Waals surface area contributed by atoms with E-state index in [0.717, 1.165) is 11.1 Å². The monoisotopic (exact) mass is 293 g/mol. The van der Waals surface area contributed by atoms with Crippen LogP contribution in [0.15, 0.2) is 49.3 Å². The topological polar surface area (TPSA) is 12.9 Å². The minimum absolute atomic E-state index is 0.0912. The lowest BCUT2D eigenvalue weighted by Gasteiger charge is -2.40. The van der Waals surface area contributed by atoms with E-state index in [1.807, 2.05) is 24.5 Å². The van der Waals surface area contributed by atoms with Gasteiger partial charge < -0.3 is 0 Å². The van der Waals surface area contributed by atoms with Crippen molar-refractivity contribution >= 4 is 5.57 Å². The third kappa shape index (κ3) is 2.99. The molecule has 0 spiro atoms. The van der Waals surface area contributed by atoms with Gasteiger partial charge >= 0.3 is 0 Å². The molecule has 1 heteroatoms. The fourth-order valence-electron chi connectivity index (χ4n) is 2.48. The minimum atomic E-state index is 0.0912. The van der Waals surface area contributed by atoms with E-state index in [0.29, 0.717) is 0 Å².